The van der Waals surface area contributed by atoms with Gasteiger partial charge in [0, 0.05) is 0 Å². The predicted molar refractivity (Wildman–Crippen MR) is 45.5 cm³/mol. The molecule has 0 aliphatic rings. The molecule has 0 aliphatic carbocycles. The van der Waals surface area contributed by atoms with Crippen LogP contribution in [0.4, 0.5) is 13.2 Å². The fourth-order valence-corrected chi connectivity index (χ4v) is 1.25. The van der Waals surface area contributed by atoms with E-state index in [0.717, 1.165) is 12.1 Å². The monoisotopic (exact) mass is 265 g/mol. The molecule has 0 aromatic heterocycles. The number of phenols is 1. The zero-order chi connectivity index (χ0) is 10.9. The van der Waals surface area contributed by atoms with Crippen molar-refractivity contribution in [2.24, 2.45) is 0 Å². The van der Waals surface area contributed by atoms with E-state index in [0.29, 0.717) is 0 Å². The van der Waals surface area contributed by atoms with Crippen LogP contribution >= 0.6 is 15.9 Å². The fourth-order valence-electron chi connectivity index (χ4n) is 0.915. The molecule has 0 radical (unpaired) electrons. The van der Waals surface area contributed by atoms with E-state index in [-0.39, 0.29) is 4.47 Å². The Kier molecular flexibility index (Phi) is 2.71. The molecule has 0 bridgehead atoms. The normalized spacial score (nSPS) is 11.1. The lowest BCUT2D eigenvalue weighted by atomic mass is 10.1. The topological polar surface area (TPSA) is 44.0 Å². The Hall–Kier alpha value is -1.22. The molecule has 0 atom stereocenters. The van der Waals surface area contributed by atoms with Gasteiger partial charge in [-0.1, -0.05) is 0 Å². The van der Waals surface area contributed by atoms with E-state index in [9.17, 15) is 18.3 Å². The molecule has 0 saturated heterocycles. The van der Waals surface area contributed by atoms with E-state index in [1.807, 2.05) is 0 Å². The van der Waals surface area contributed by atoms with Crippen molar-refractivity contribution in [3.8, 4) is 11.8 Å². The largest absolute Gasteiger partial charge is 0.505 e. The Labute approximate surface area is 85.7 Å². The van der Waals surface area contributed by atoms with Crippen LogP contribution in [0.25, 0.3) is 0 Å². The summed E-state index contributed by atoms with van der Waals surface area (Å²) in [5.74, 6) is -0.692. The minimum atomic E-state index is -4.64. The average Bonchev–Trinajstić information content (AvgIpc) is 2.07. The molecule has 0 saturated carbocycles. The van der Waals surface area contributed by atoms with Crippen LogP contribution in [0.3, 0.4) is 0 Å². The lowest BCUT2D eigenvalue weighted by molar-refractivity contribution is -0.137. The van der Waals surface area contributed by atoms with Crippen LogP contribution in [0.5, 0.6) is 5.75 Å². The van der Waals surface area contributed by atoms with Crippen molar-refractivity contribution in [1.82, 2.24) is 0 Å². The van der Waals surface area contributed by atoms with Gasteiger partial charge in [-0.15, -0.1) is 0 Å². The molecule has 14 heavy (non-hydrogen) atoms. The number of phenolic OH excluding ortho intramolecular Hbond substituents is 1. The molecule has 1 aromatic rings. The summed E-state index contributed by atoms with van der Waals surface area (Å²) in [4.78, 5) is 0. The third-order valence-corrected chi connectivity index (χ3v) is 2.19. The molecule has 6 heteroatoms. The Morgan fingerprint density at radius 1 is 1.36 bits per heavy atom. The van der Waals surface area contributed by atoms with Crippen LogP contribution in [-0.4, -0.2) is 5.11 Å². The molecule has 0 aliphatic heterocycles. The third-order valence-electron chi connectivity index (χ3n) is 1.55. The molecule has 2 nitrogen and oxygen atoms in total. The quantitative estimate of drug-likeness (QED) is 0.784. The second-order valence-corrected chi connectivity index (χ2v) is 3.28. The number of alkyl halides is 3. The molecule has 0 fully saturated rings. The van der Waals surface area contributed by atoms with Crippen molar-refractivity contribution in [1.29, 1.82) is 5.26 Å². The maximum Gasteiger partial charge on any atom is 0.417 e. The average molecular weight is 266 g/mol. The van der Waals surface area contributed by atoms with E-state index >= 15 is 0 Å². The molecule has 1 N–H and O–H groups in total. The van der Waals surface area contributed by atoms with E-state index in [4.69, 9.17) is 5.26 Å². The summed E-state index contributed by atoms with van der Waals surface area (Å²) in [6.45, 7) is 0. The zero-order valence-electron chi connectivity index (χ0n) is 6.56. The molecular weight excluding hydrogens is 263 g/mol. The van der Waals surface area contributed by atoms with Crippen LogP contribution in [0.1, 0.15) is 11.1 Å². The zero-order valence-corrected chi connectivity index (χ0v) is 8.15. The van der Waals surface area contributed by atoms with Crippen molar-refractivity contribution in [2.75, 3.05) is 0 Å². The summed E-state index contributed by atoms with van der Waals surface area (Å²) in [5.41, 5.74) is -1.91. The van der Waals surface area contributed by atoms with Gasteiger partial charge in [0.05, 0.1) is 10.0 Å². The van der Waals surface area contributed by atoms with E-state index < -0.39 is 23.1 Å². The van der Waals surface area contributed by atoms with Crippen molar-refractivity contribution in [3.63, 3.8) is 0 Å². The Morgan fingerprint density at radius 3 is 2.36 bits per heavy atom. The number of benzene rings is 1. The molecule has 1 aromatic carbocycles. The Morgan fingerprint density at radius 2 is 1.93 bits per heavy atom. The third kappa shape index (κ3) is 1.82. The van der Waals surface area contributed by atoms with Gasteiger partial charge in [0.1, 0.15) is 17.4 Å². The first kappa shape index (κ1) is 10.9. The van der Waals surface area contributed by atoms with Crippen molar-refractivity contribution in [2.45, 2.75) is 6.18 Å². The second-order valence-electron chi connectivity index (χ2n) is 2.43. The minimum absolute atomic E-state index is 0.0575. The maximum atomic E-state index is 12.3. The number of halogens is 4. The summed E-state index contributed by atoms with van der Waals surface area (Å²) < 4.78 is 36.9. The summed E-state index contributed by atoms with van der Waals surface area (Å²) >= 11 is 2.82. The number of hydrogen-bond donors (Lipinski definition) is 1. The van der Waals surface area contributed by atoms with Crippen LogP contribution in [0, 0.1) is 11.3 Å². The highest BCUT2D eigenvalue weighted by atomic mass is 79.9. The van der Waals surface area contributed by atoms with E-state index in [1.54, 1.807) is 0 Å². The summed E-state index contributed by atoms with van der Waals surface area (Å²) in [7, 11) is 0. The maximum absolute atomic E-state index is 12.3. The van der Waals surface area contributed by atoms with Crippen molar-refractivity contribution in [3.05, 3.63) is 27.7 Å². The first-order valence-electron chi connectivity index (χ1n) is 3.36. The lowest BCUT2D eigenvalue weighted by Gasteiger charge is -2.09. The molecule has 0 heterocycles. The molecule has 1 rings (SSSR count). The van der Waals surface area contributed by atoms with Gasteiger partial charge in [-0.25, -0.2) is 0 Å². The minimum Gasteiger partial charge on any atom is -0.505 e. The van der Waals surface area contributed by atoms with Crippen LogP contribution in [0.15, 0.2) is 16.6 Å². The van der Waals surface area contributed by atoms with Gasteiger partial charge in [0.15, 0.2) is 0 Å². The van der Waals surface area contributed by atoms with E-state index in [2.05, 4.69) is 15.9 Å². The molecule has 74 valence electrons. The molecule has 0 spiro atoms. The lowest BCUT2D eigenvalue weighted by Crippen LogP contribution is -2.07. The van der Waals surface area contributed by atoms with E-state index in [1.165, 1.54) is 6.07 Å². The van der Waals surface area contributed by atoms with Gasteiger partial charge in [-0.2, -0.15) is 18.4 Å². The van der Waals surface area contributed by atoms with Gasteiger partial charge in [-0.3, -0.25) is 0 Å². The highest BCUT2D eigenvalue weighted by molar-refractivity contribution is 9.10. The summed E-state index contributed by atoms with van der Waals surface area (Å²) in [5, 5.41) is 17.6. The molecule has 0 amide bonds. The van der Waals surface area contributed by atoms with Crippen LogP contribution < -0.4 is 0 Å². The molecule has 0 unspecified atom stereocenters. The number of rotatable bonds is 0. The van der Waals surface area contributed by atoms with Crippen LogP contribution in [0.2, 0.25) is 0 Å². The Balaban J connectivity index is 3.49. The first-order valence-corrected chi connectivity index (χ1v) is 4.16. The first-order chi connectivity index (χ1) is 6.38. The summed E-state index contributed by atoms with van der Waals surface area (Å²) in [6.07, 6.45) is -4.64. The van der Waals surface area contributed by atoms with Gasteiger partial charge in [-0.05, 0) is 28.1 Å². The number of nitrogens with zero attached hydrogens (tertiary/aromatic N) is 1. The van der Waals surface area contributed by atoms with Crippen molar-refractivity contribution >= 4 is 15.9 Å². The summed E-state index contributed by atoms with van der Waals surface area (Å²) in [6, 6.07) is 3.09. The number of nitriles is 1. The second kappa shape index (κ2) is 3.50. The standard InChI is InChI=1S/C8H3BrF3NO/c9-6-2-1-5(8(10,11)12)4(3-13)7(6)14/h1-2,14H. The number of hydrogen-bond acceptors (Lipinski definition) is 2. The smallest absolute Gasteiger partial charge is 0.417 e. The molecular formula is C8H3BrF3NO. The van der Waals surface area contributed by atoms with Gasteiger partial charge < -0.3 is 5.11 Å². The SMILES string of the molecule is N#Cc1c(C(F)(F)F)ccc(Br)c1O. The van der Waals surface area contributed by atoms with Gasteiger partial charge in [0.2, 0.25) is 0 Å². The van der Waals surface area contributed by atoms with Gasteiger partial charge in [0.25, 0.3) is 0 Å². The van der Waals surface area contributed by atoms with Crippen molar-refractivity contribution < 1.29 is 18.3 Å². The predicted octanol–water partition coefficient (Wildman–Crippen LogP) is 3.05. The van der Waals surface area contributed by atoms with Crippen LogP contribution in [-0.2, 0) is 6.18 Å². The number of aromatic hydroxyl groups is 1. The Bertz CT molecular complexity index is 408. The van der Waals surface area contributed by atoms with Gasteiger partial charge >= 0.3 is 6.18 Å². The fraction of sp³-hybridized carbons (Fsp3) is 0.125. The highest BCUT2D eigenvalue weighted by Crippen LogP contribution is 2.38. The highest BCUT2D eigenvalue weighted by Gasteiger charge is 2.35.